The largest absolute Gasteiger partial charge is 0.366 e. The van der Waals surface area contributed by atoms with Crippen LogP contribution in [-0.4, -0.2) is 45.2 Å². The van der Waals surface area contributed by atoms with Crippen molar-refractivity contribution in [1.82, 2.24) is 14.9 Å². The number of morpholine rings is 1. The lowest BCUT2D eigenvalue weighted by atomic mass is 9.99. The third-order valence-corrected chi connectivity index (χ3v) is 3.89. The fraction of sp³-hybridized carbons (Fsp3) is 0.471. The highest BCUT2D eigenvalue weighted by Gasteiger charge is 2.40. The Labute approximate surface area is 140 Å². The lowest BCUT2D eigenvalue weighted by Crippen LogP contribution is -2.59. The summed E-state index contributed by atoms with van der Waals surface area (Å²) in [5.74, 6) is 0. The van der Waals surface area contributed by atoms with Crippen molar-refractivity contribution in [3.8, 4) is 0 Å². The molecule has 2 amide bonds. The molecule has 0 saturated carbocycles. The SMILES string of the molecule is CC1(C)CN(C(=O)Nc2cccc3c(=O)[nH]cnc23)CC(C)(C)O1. The summed E-state index contributed by atoms with van der Waals surface area (Å²) in [5, 5.41) is 3.32. The van der Waals surface area contributed by atoms with Crippen LogP contribution in [0.2, 0.25) is 0 Å². The van der Waals surface area contributed by atoms with E-state index in [-0.39, 0.29) is 11.6 Å². The molecule has 1 aliphatic rings. The van der Waals surface area contributed by atoms with E-state index in [1.807, 2.05) is 27.7 Å². The molecule has 2 aromatic rings. The molecule has 128 valence electrons. The summed E-state index contributed by atoms with van der Waals surface area (Å²) < 4.78 is 6.00. The van der Waals surface area contributed by atoms with Gasteiger partial charge in [-0.1, -0.05) is 6.07 Å². The summed E-state index contributed by atoms with van der Waals surface area (Å²) in [6.45, 7) is 8.84. The first-order chi connectivity index (χ1) is 11.2. The van der Waals surface area contributed by atoms with Crippen molar-refractivity contribution in [3.63, 3.8) is 0 Å². The molecule has 0 unspecified atom stereocenters. The van der Waals surface area contributed by atoms with Crippen molar-refractivity contribution in [2.75, 3.05) is 18.4 Å². The summed E-state index contributed by atoms with van der Waals surface area (Å²) in [7, 11) is 0. The Morgan fingerprint density at radius 3 is 2.58 bits per heavy atom. The second-order valence-electron chi connectivity index (χ2n) is 7.34. The molecule has 0 aliphatic carbocycles. The molecule has 1 fully saturated rings. The topological polar surface area (TPSA) is 87.3 Å². The van der Waals surface area contributed by atoms with E-state index >= 15 is 0 Å². The maximum Gasteiger partial charge on any atom is 0.322 e. The molecule has 1 aromatic heterocycles. The lowest BCUT2D eigenvalue weighted by molar-refractivity contribution is -0.169. The number of urea groups is 1. The van der Waals surface area contributed by atoms with Crippen LogP contribution in [0.1, 0.15) is 27.7 Å². The molecule has 1 aliphatic heterocycles. The van der Waals surface area contributed by atoms with E-state index in [1.54, 1.807) is 23.1 Å². The Kier molecular flexibility index (Phi) is 3.83. The van der Waals surface area contributed by atoms with Gasteiger partial charge in [0.15, 0.2) is 0 Å². The first kappa shape index (κ1) is 16.4. The Morgan fingerprint density at radius 2 is 1.92 bits per heavy atom. The Hall–Kier alpha value is -2.41. The van der Waals surface area contributed by atoms with Gasteiger partial charge in [-0.05, 0) is 39.8 Å². The zero-order valence-corrected chi connectivity index (χ0v) is 14.3. The molecule has 0 bridgehead atoms. The highest BCUT2D eigenvalue weighted by atomic mass is 16.5. The molecule has 7 nitrogen and oxygen atoms in total. The Morgan fingerprint density at radius 1 is 1.25 bits per heavy atom. The van der Waals surface area contributed by atoms with Crippen LogP contribution in [-0.2, 0) is 4.74 Å². The van der Waals surface area contributed by atoms with Gasteiger partial charge in [0.05, 0.1) is 41.7 Å². The summed E-state index contributed by atoms with van der Waals surface area (Å²) >= 11 is 0. The number of hydrogen-bond donors (Lipinski definition) is 2. The van der Waals surface area contributed by atoms with Crippen molar-refractivity contribution in [2.24, 2.45) is 0 Å². The molecule has 1 aromatic carbocycles. The van der Waals surface area contributed by atoms with Gasteiger partial charge in [-0.15, -0.1) is 0 Å². The summed E-state index contributed by atoms with van der Waals surface area (Å²) in [4.78, 5) is 33.0. The maximum atomic E-state index is 12.7. The van der Waals surface area contributed by atoms with Crippen molar-refractivity contribution >= 4 is 22.6 Å². The minimum Gasteiger partial charge on any atom is -0.366 e. The van der Waals surface area contributed by atoms with Crippen molar-refractivity contribution < 1.29 is 9.53 Å². The molecule has 2 N–H and O–H groups in total. The number of ether oxygens (including phenoxy) is 1. The van der Waals surface area contributed by atoms with Crippen molar-refractivity contribution in [1.29, 1.82) is 0 Å². The molecule has 3 rings (SSSR count). The average Bonchev–Trinajstić information content (AvgIpc) is 2.45. The summed E-state index contributed by atoms with van der Waals surface area (Å²) in [6, 6.07) is 4.91. The monoisotopic (exact) mass is 330 g/mol. The number of carbonyl (C=O) groups is 1. The summed E-state index contributed by atoms with van der Waals surface area (Å²) in [5.41, 5.74) is -0.0858. The molecule has 2 heterocycles. The number of amides is 2. The van der Waals surface area contributed by atoms with Gasteiger partial charge in [0.25, 0.3) is 5.56 Å². The van der Waals surface area contributed by atoms with Crippen LogP contribution in [0.5, 0.6) is 0 Å². The quantitative estimate of drug-likeness (QED) is 0.840. The van der Waals surface area contributed by atoms with E-state index in [1.165, 1.54) is 6.33 Å². The number of hydrogen-bond acceptors (Lipinski definition) is 4. The van der Waals surface area contributed by atoms with Gasteiger partial charge >= 0.3 is 6.03 Å². The minimum absolute atomic E-state index is 0.228. The summed E-state index contributed by atoms with van der Waals surface area (Å²) in [6.07, 6.45) is 1.33. The second kappa shape index (κ2) is 5.59. The number of carbonyl (C=O) groups excluding carboxylic acids is 1. The number of benzene rings is 1. The van der Waals surface area contributed by atoms with Gasteiger partial charge < -0.3 is 19.9 Å². The molecule has 7 heteroatoms. The van der Waals surface area contributed by atoms with Crippen molar-refractivity contribution in [2.45, 2.75) is 38.9 Å². The van der Waals surface area contributed by atoms with Gasteiger partial charge in [-0.25, -0.2) is 9.78 Å². The minimum atomic E-state index is -0.423. The number of nitrogens with one attached hydrogen (secondary N) is 2. The second-order valence-corrected chi connectivity index (χ2v) is 7.34. The van der Waals surface area contributed by atoms with Gasteiger partial charge in [0.2, 0.25) is 0 Å². The normalized spacial score (nSPS) is 19.2. The van der Waals surface area contributed by atoms with E-state index in [9.17, 15) is 9.59 Å². The molecule has 0 spiro atoms. The number of rotatable bonds is 1. The van der Waals surface area contributed by atoms with Crippen molar-refractivity contribution in [3.05, 3.63) is 34.9 Å². The first-order valence-electron chi connectivity index (χ1n) is 7.89. The average molecular weight is 330 g/mol. The highest BCUT2D eigenvalue weighted by Crippen LogP contribution is 2.28. The first-order valence-corrected chi connectivity index (χ1v) is 7.89. The van der Waals surface area contributed by atoms with E-state index < -0.39 is 11.2 Å². The smallest absolute Gasteiger partial charge is 0.322 e. The number of fused-ring (bicyclic) bond motifs is 1. The van der Waals surface area contributed by atoms with Gasteiger partial charge in [-0.2, -0.15) is 0 Å². The predicted octanol–water partition coefficient (Wildman–Crippen LogP) is 2.34. The Balaban J connectivity index is 1.88. The van der Waals surface area contributed by atoms with Crippen LogP contribution in [0.25, 0.3) is 10.9 Å². The van der Waals surface area contributed by atoms with E-state index in [2.05, 4.69) is 15.3 Å². The molecule has 0 radical (unpaired) electrons. The number of nitrogens with zero attached hydrogens (tertiary/aromatic N) is 2. The van der Waals surface area contributed by atoms with Gasteiger partial charge in [-0.3, -0.25) is 4.79 Å². The predicted molar refractivity (Wildman–Crippen MR) is 92.2 cm³/mol. The van der Waals surface area contributed by atoms with Crippen LogP contribution in [0.3, 0.4) is 0 Å². The fourth-order valence-electron chi connectivity index (χ4n) is 3.33. The lowest BCUT2D eigenvalue weighted by Gasteiger charge is -2.46. The molecule has 1 saturated heterocycles. The third kappa shape index (κ3) is 3.26. The van der Waals surface area contributed by atoms with Crippen LogP contribution >= 0.6 is 0 Å². The van der Waals surface area contributed by atoms with E-state index in [0.29, 0.717) is 29.7 Å². The molecular weight excluding hydrogens is 308 g/mol. The van der Waals surface area contributed by atoms with Crippen LogP contribution in [0.15, 0.2) is 29.3 Å². The number of aromatic amines is 1. The molecule has 0 atom stereocenters. The number of anilines is 1. The maximum absolute atomic E-state index is 12.7. The number of para-hydroxylation sites is 1. The van der Waals surface area contributed by atoms with Gasteiger partial charge in [0.1, 0.15) is 5.52 Å². The molecular formula is C17H22N4O3. The van der Waals surface area contributed by atoms with Crippen LogP contribution in [0, 0.1) is 0 Å². The van der Waals surface area contributed by atoms with Crippen LogP contribution < -0.4 is 10.9 Å². The zero-order valence-electron chi connectivity index (χ0n) is 14.3. The highest BCUT2D eigenvalue weighted by molar-refractivity contribution is 5.99. The van der Waals surface area contributed by atoms with Gasteiger partial charge in [0, 0.05) is 0 Å². The van der Waals surface area contributed by atoms with Crippen LogP contribution in [0.4, 0.5) is 10.5 Å². The van der Waals surface area contributed by atoms with E-state index in [4.69, 9.17) is 4.74 Å². The standard InChI is InChI=1S/C17H22N4O3/c1-16(2)8-21(9-17(3,4)24-16)15(23)20-12-7-5-6-11-13(12)18-10-19-14(11)22/h5-7,10H,8-9H2,1-4H3,(H,20,23)(H,18,19,22). The number of H-pyrrole nitrogens is 1. The van der Waals surface area contributed by atoms with E-state index in [0.717, 1.165) is 0 Å². The Bertz CT molecular complexity index is 825. The third-order valence-electron chi connectivity index (χ3n) is 3.89. The zero-order chi connectivity index (χ0) is 17.5. The molecule has 24 heavy (non-hydrogen) atoms. The fourth-order valence-corrected chi connectivity index (χ4v) is 3.33. The number of aromatic nitrogens is 2.